The fourth-order valence-electron chi connectivity index (χ4n) is 2.65. The van der Waals surface area contributed by atoms with Gasteiger partial charge in [-0.15, -0.1) is 0 Å². The summed E-state index contributed by atoms with van der Waals surface area (Å²) in [6, 6.07) is 1.90. The Balaban J connectivity index is 2.20. The minimum absolute atomic E-state index is 0.0847. The molecule has 1 fully saturated rings. The molecule has 0 radical (unpaired) electrons. The molecule has 1 aliphatic rings. The van der Waals surface area contributed by atoms with E-state index in [1.165, 1.54) is 10.8 Å². The first-order valence-electron chi connectivity index (χ1n) is 6.62. The highest BCUT2D eigenvalue weighted by Gasteiger charge is 2.44. The molecule has 4 atom stereocenters. The van der Waals surface area contributed by atoms with E-state index in [9.17, 15) is 15.0 Å². The second-order valence-electron chi connectivity index (χ2n) is 5.14. The number of rotatable bonds is 2. The molecule has 0 unspecified atom stereocenters. The third kappa shape index (κ3) is 2.01. The summed E-state index contributed by atoms with van der Waals surface area (Å²) >= 11 is 0. The molecule has 1 aliphatic heterocycles. The van der Waals surface area contributed by atoms with E-state index >= 15 is 0 Å². The van der Waals surface area contributed by atoms with Crippen LogP contribution in [0.5, 0.6) is 0 Å². The average Bonchev–Trinajstić information content (AvgIpc) is 2.98. The molecule has 22 heavy (non-hydrogen) atoms. The summed E-state index contributed by atoms with van der Waals surface area (Å²) in [5, 5.41) is 38.3. The molecule has 9 heteroatoms. The van der Waals surface area contributed by atoms with Crippen molar-refractivity contribution in [2.24, 2.45) is 0 Å². The molecule has 0 spiro atoms. The maximum Gasteiger partial charge on any atom is 0.261 e. The molecule has 2 aromatic rings. The highest BCUT2D eigenvalue weighted by molar-refractivity contribution is 5.82. The fraction of sp³-hybridized carbons (Fsp3) is 0.462. The van der Waals surface area contributed by atoms with Gasteiger partial charge in [-0.1, -0.05) is 0 Å². The van der Waals surface area contributed by atoms with Crippen LogP contribution in [0, 0.1) is 18.3 Å². The van der Waals surface area contributed by atoms with Gasteiger partial charge in [-0.2, -0.15) is 5.26 Å². The second kappa shape index (κ2) is 5.19. The van der Waals surface area contributed by atoms with Crippen molar-refractivity contribution < 1.29 is 20.1 Å². The van der Waals surface area contributed by atoms with E-state index in [1.807, 2.05) is 6.07 Å². The highest BCUT2D eigenvalue weighted by Crippen LogP contribution is 2.32. The Hall–Kier alpha value is -2.25. The first-order valence-corrected chi connectivity index (χ1v) is 6.62. The summed E-state index contributed by atoms with van der Waals surface area (Å²) in [6.07, 6.45) is -3.26. The summed E-state index contributed by atoms with van der Waals surface area (Å²) in [5.41, 5.74) is -0.210. The van der Waals surface area contributed by atoms with Crippen molar-refractivity contribution in [2.45, 2.75) is 31.5 Å². The molecule has 0 saturated carbocycles. The number of nitriles is 1. The van der Waals surface area contributed by atoms with Crippen LogP contribution in [0.2, 0.25) is 0 Å². The molecular weight excluding hydrogens is 292 g/mol. The Bertz CT molecular complexity index is 820. The molecule has 3 heterocycles. The molecule has 0 aliphatic carbocycles. The monoisotopic (exact) mass is 306 g/mol. The van der Waals surface area contributed by atoms with Crippen LogP contribution in [0.3, 0.4) is 0 Å². The van der Waals surface area contributed by atoms with Gasteiger partial charge in [0, 0.05) is 6.20 Å². The van der Waals surface area contributed by atoms with Gasteiger partial charge < -0.3 is 29.6 Å². The molecule has 9 nitrogen and oxygen atoms in total. The van der Waals surface area contributed by atoms with Crippen LogP contribution in [-0.4, -0.2) is 54.8 Å². The third-order valence-corrected chi connectivity index (χ3v) is 3.71. The number of nitrogens with one attached hydrogen (secondary N) is 1. The Kier molecular flexibility index (Phi) is 3.46. The van der Waals surface area contributed by atoms with Crippen LogP contribution in [0.25, 0.3) is 11.0 Å². The lowest BCUT2D eigenvalue weighted by Gasteiger charge is -2.17. The number of aliphatic hydroxyl groups excluding tert-OH is 3. The van der Waals surface area contributed by atoms with E-state index in [0.717, 1.165) is 0 Å². The van der Waals surface area contributed by atoms with E-state index in [2.05, 4.69) is 9.97 Å². The second-order valence-corrected chi connectivity index (χ2v) is 5.14. The SMILES string of the molecule is Cc1nc2c(c(C#N)cn2[C@@H]2O[C@H](CO)[C@@H](O)[C@H]2O)c(=O)[nH]1. The van der Waals surface area contributed by atoms with Crippen LogP contribution < -0.4 is 5.56 Å². The number of aromatic amines is 1. The van der Waals surface area contributed by atoms with Crippen molar-refractivity contribution in [3.05, 3.63) is 27.9 Å². The molecular formula is C13H14N4O5. The molecule has 1 saturated heterocycles. The fourth-order valence-corrected chi connectivity index (χ4v) is 2.65. The summed E-state index contributed by atoms with van der Waals surface area (Å²) in [4.78, 5) is 18.7. The number of aromatic nitrogens is 3. The number of aliphatic hydroxyl groups is 3. The molecule has 0 bridgehead atoms. The standard InChI is InChI=1S/C13H14N4O5/c1-5-15-11-8(12(21)16-5)6(2-14)3-17(11)13-10(20)9(19)7(4-18)22-13/h3,7,9-10,13,18-20H,4H2,1H3,(H,15,16,21)/t7-,9-,10-,13-/m1/s1. The van der Waals surface area contributed by atoms with Gasteiger partial charge in [0.1, 0.15) is 35.6 Å². The van der Waals surface area contributed by atoms with Gasteiger partial charge in [0.25, 0.3) is 5.56 Å². The van der Waals surface area contributed by atoms with E-state index in [0.29, 0.717) is 5.82 Å². The minimum atomic E-state index is -1.32. The van der Waals surface area contributed by atoms with Crippen LogP contribution in [-0.2, 0) is 4.74 Å². The van der Waals surface area contributed by atoms with Crippen molar-refractivity contribution in [1.29, 1.82) is 5.26 Å². The zero-order chi connectivity index (χ0) is 16.0. The maximum absolute atomic E-state index is 12.0. The molecule has 0 amide bonds. The minimum Gasteiger partial charge on any atom is -0.394 e. The zero-order valence-electron chi connectivity index (χ0n) is 11.6. The van der Waals surface area contributed by atoms with E-state index in [4.69, 9.17) is 15.1 Å². The molecule has 2 aromatic heterocycles. The van der Waals surface area contributed by atoms with Gasteiger partial charge in [0.05, 0.1) is 12.2 Å². The van der Waals surface area contributed by atoms with Gasteiger partial charge in [-0.25, -0.2) is 4.98 Å². The average molecular weight is 306 g/mol. The van der Waals surface area contributed by atoms with Crippen LogP contribution in [0.4, 0.5) is 0 Å². The van der Waals surface area contributed by atoms with Gasteiger partial charge >= 0.3 is 0 Å². The van der Waals surface area contributed by atoms with Crippen molar-refractivity contribution >= 4 is 11.0 Å². The summed E-state index contributed by atoms with van der Waals surface area (Å²) in [5.74, 6) is 0.341. The largest absolute Gasteiger partial charge is 0.394 e. The lowest BCUT2D eigenvalue weighted by Crippen LogP contribution is -2.33. The Morgan fingerprint density at radius 3 is 2.82 bits per heavy atom. The van der Waals surface area contributed by atoms with Gasteiger partial charge in [0.2, 0.25) is 0 Å². The number of fused-ring (bicyclic) bond motifs is 1. The third-order valence-electron chi connectivity index (χ3n) is 3.71. The van der Waals surface area contributed by atoms with E-state index < -0.39 is 36.7 Å². The van der Waals surface area contributed by atoms with Gasteiger partial charge in [-0.3, -0.25) is 4.79 Å². The van der Waals surface area contributed by atoms with Gasteiger partial charge in [0.15, 0.2) is 11.9 Å². The number of hydrogen-bond acceptors (Lipinski definition) is 7. The first-order chi connectivity index (χ1) is 10.5. The molecule has 116 valence electrons. The Morgan fingerprint density at radius 2 is 2.23 bits per heavy atom. The van der Waals surface area contributed by atoms with Crippen molar-refractivity contribution in [3.8, 4) is 6.07 Å². The van der Waals surface area contributed by atoms with E-state index in [1.54, 1.807) is 6.92 Å². The normalized spacial score (nSPS) is 28.1. The summed E-state index contributed by atoms with van der Waals surface area (Å²) in [7, 11) is 0. The summed E-state index contributed by atoms with van der Waals surface area (Å²) in [6.45, 7) is 1.12. The quantitative estimate of drug-likeness (QED) is 0.529. The topological polar surface area (TPSA) is 144 Å². The van der Waals surface area contributed by atoms with Crippen molar-refractivity contribution in [1.82, 2.24) is 14.5 Å². The number of H-pyrrole nitrogens is 1. The molecule has 4 N–H and O–H groups in total. The number of ether oxygens (including phenoxy) is 1. The Morgan fingerprint density at radius 1 is 1.50 bits per heavy atom. The molecule has 3 rings (SSSR count). The highest BCUT2D eigenvalue weighted by atomic mass is 16.6. The molecule has 0 aromatic carbocycles. The predicted octanol–water partition coefficient (Wildman–Crippen LogP) is -1.48. The van der Waals surface area contributed by atoms with Crippen LogP contribution in [0.15, 0.2) is 11.0 Å². The lowest BCUT2D eigenvalue weighted by molar-refractivity contribution is -0.0508. The predicted molar refractivity (Wildman–Crippen MR) is 72.8 cm³/mol. The van der Waals surface area contributed by atoms with Crippen molar-refractivity contribution in [3.63, 3.8) is 0 Å². The number of nitrogens with zero attached hydrogens (tertiary/aromatic N) is 3. The van der Waals surface area contributed by atoms with Crippen molar-refractivity contribution in [2.75, 3.05) is 6.61 Å². The lowest BCUT2D eigenvalue weighted by atomic mass is 10.1. The van der Waals surface area contributed by atoms with Crippen LogP contribution in [0.1, 0.15) is 17.6 Å². The first kappa shape index (κ1) is 14.7. The van der Waals surface area contributed by atoms with Gasteiger partial charge in [-0.05, 0) is 6.92 Å². The number of aryl methyl sites for hydroxylation is 1. The Labute approximate surface area is 124 Å². The number of hydrogen-bond donors (Lipinski definition) is 4. The smallest absolute Gasteiger partial charge is 0.261 e. The van der Waals surface area contributed by atoms with Crippen LogP contribution >= 0.6 is 0 Å². The van der Waals surface area contributed by atoms with E-state index in [-0.39, 0.29) is 16.6 Å². The summed E-state index contributed by atoms with van der Waals surface area (Å²) < 4.78 is 6.75. The maximum atomic E-state index is 12.0. The zero-order valence-corrected chi connectivity index (χ0v) is 11.6.